The Morgan fingerprint density at radius 2 is 2.47 bits per heavy atom. The van der Waals surface area contributed by atoms with E-state index in [0.29, 0.717) is 24.7 Å². The molecule has 0 aliphatic carbocycles. The highest BCUT2D eigenvalue weighted by Gasteiger charge is 2.36. The first-order chi connectivity index (χ1) is 7.08. The van der Waals surface area contributed by atoms with Crippen LogP contribution in [0.15, 0.2) is 4.52 Å². The number of guanidine groups is 1. The summed E-state index contributed by atoms with van der Waals surface area (Å²) in [5.74, 6) is 0.849. The summed E-state index contributed by atoms with van der Waals surface area (Å²) in [5.41, 5.74) is 5.40. The largest absolute Gasteiger partial charge is 0.391 e. The van der Waals surface area contributed by atoms with Crippen molar-refractivity contribution in [2.75, 3.05) is 6.54 Å². The van der Waals surface area contributed by atoms with Crippen LogP contribution in [0.25, 0.3) is 0 Å². The molecule has 2 heterocycles. The standard InChI is InChI=1S/C8H13N5O2/c1-4-11-7(15-12-4)6-2-5(14)3-13(6)8(9)10/h5-6,14H,2-3H2,1H3,(H3,9,10)/t5?,6-/m0/s1. The van der Waals surface area contributed by atoms with Crippen LogP contribution in [0.4, 0.5) is 0 Å². The maximum absolute atomic E-state index is 9.50. The topological polar surface area (TPSA) is 112 Å². The van der Waals surface area contributed by atoms with Crippen molar-refractivity contribution < 1.29 is 9.63 Å². The second kappa shape index (κ2) is 3.50. The highest BCUT2D eigenvalue weighted by molar-refractivity contribution is 5.75. The summed E-state index contributed by atoms with van der Waals surface area (Å²) in [6.45, 7) is 2.05. The maximum atomic E-state index is 9.50. The minimum absolute atomic E-state index is 0.0904. The van der Waals surface area contributed by atoms with Gasteiger partial charge in [-0.05, 0) is 6.92 Å². The molecule has 1 aromatic heterocycles. The smallest absolute Gasteiger partial charge is 0.249 e. The van der Waals surface area contributed by atoms with Crippen LogP contribution in [0.3, 0.4) is 0 Å². The summed E-state index contributed by atoms with van der Waals surface area (Å²) in [4.78, 5) is 5.63. The molecule has 1 unspecified atom stereocenters. The minimum atomic E-state index is -0.508. The average molecular weight is 211 g/mol. The molecule has 1 aromatic rings. The molecule has 7 nitrogen and oxygen atoms in total. The number of nitrogens with one attached hydrogen (secondary N) is 1. The number of β-amino-alcohol motifs (C(OH)–C–C–N with tert-alkyl or cyclic N) is 1. The molecule has 0 bridgehead atoms. The molecule has 1 aliphatic heterocycles. The van der Waals surface area contributed by atoms with Crippen LogP contribution in [0, 0.1) is 12.3 Å². The van der Waals surface area contributed by atoms with Crippen molar-refractivity contribution in [3.05, 3.63) is 11.7 Å². The molecule has 0 saturated carbocycles. The summed E-state index contributed by atoms with van der Waals surface area (Å²) >= 11 is 0. The Balaban J connectivity index is 2.24. The zero-order valence-corrected chi connectivity index (χ0v) is 8.34. The molecule has 4 N–H and O–H groups in total. The van der Waals surface area contributed by atoms with Crippen molar-refractivity contribution in [2.24, 2.45) is 5.73 Å². The number of likely N-dealkylation sites (tertiary alicyclic amines) is 1. The Bertz CT molecular complexity index is 377. The quantitative estimate of drug-likeness (QED) is 0.421. The van der Waals surface area contributed by atoms with E-state index in [0.717, 1.165) is 0 Å². The summed E-state index contributed by atoms with van der Waals surface area (Å²) in [7, 11) is 0. The van der Waals surface area contributed by atoms with Crippen molar-refractivity contribution in [3.63, 3.8) is 0 Å². The van der Waals surface area contributed by atoms with E-state index < -0.39 is 6.10 Å². The Morgan fingerprint density at radius 3 is 3.00 bits per heavy atom. The van der Waals surface area contributed by atoms with Crippen LogP contribution in [0.5, 0.6) is 0 Å². The predicted molar refractivity (Wildman–Crippen MR) is 51.0 cm³/mol. The molecular weight excluding hydrogens is 198 g/mol. The van der Waals surface area contributed by atoms with Crippen molar-refractivity contribution in [2.45, 2.75) is 25.5 Å². The Morgan fingerprint density at radius 1 is 1.73 bits per heavy atom. The third-order valence-electron chi connectivity index (χ3n) is 2.42. The zero-order chi connectivity index (χ0) is 11.0. The number of nitrogens with two attached hydrogens (primary N) is 1. The molecule has 1 aliphatic rings. The number of nitrogens with zero attached hydrogens (tertiary/aromatic N) is 3. The third kappa shape index (κ3) is 1.78. The van der Waals surface area contributed by atoms with E-state index in [1.54, 1.807) is 11.8 Å². The fourth-order valence-electron chi connectivity index (χ4n) is 1.76. The van der Waals surface area contributed by atoms with E-state index in [2.05, 4.69) is 10.1 Å². The van der Waals surface area contributed by atoms with Crippen molar-refractivity contribution in [1.29, 1.82) is 5.41 Å². The Kier molecular flexibility index (Phi) is 2.31. The van der Waals surface area contributed by atoms with E-state index in [-0.39, 0.29) is 12.0 Å². The lowest BCUT2D eigenvalue weighted by Crippen LogP contribution is -2.36. The van der Waals surface area contributed by atoms with Gasteiger partial charge in [-0.2, -0.15) is 4.98 Å². The lowest BCUT2D eigenvalue weighted by molar-refractivity contribution is 0.187. The molecular formula is C8H13N5O2. The van der Waals surface area contributed by atoms with Gasteiger partial charge in [0.15, 0.2) is 11.8 Å². The second-order valence-corrected chi connectivity index (χ2v) is 3.62. The number of aliphatic hydroxyl groups excluding tert-OH is 1. The Labute approximate surface area is 86.4 Å². The van der Waals surface area contributed by atoms with Crippen LogP contribution < -0.4 is 5.73 Å². The normalized spacial score (nSPS) is 25.9. The van der Waals surface area contributed by atoms with Gasteiger partial charge in [0, 0.05) is 13.0 Å². The van der Waals surface area contributed by atoms with E-state index in [9.17, 15) is 5.11 Å². The first-order valence-corrected chi connectivity index (χ1v) is 4.67. The van der Waals surface area contributed by atoms with Crippen LogP contribution in [0.2, 0.25) is 0 Å². The molecule has 0 aromatic carbocycles. The zero-order valence-electron chi connectivity index (χ0n) is 8.34. The average Bonchev–Trinajstić information content (AvgIpc) is 2.71. The summed E-state index contributed by atoms with van der Waals surface area (Å²) in [6, 6.07) is -0.279. The van der Waals surface area contributed by atoms with E-state index in [1.807, 2.05) is 0 Å². The van der Waals surface area contributed by atoms with Gasteiger partial charge < -0.3 is 20.3 Å². The van der Waals surface area contributed by atoms with Gasteiger partial charge in [0.25, 0.3) is 0 Å². The molecule has 0 amide bonds. The summed E-state index contributed by atoms with van der Waals surface area (Å²) < 4.78 is 5.01. The molecule has 1 fully saturated rings. The molecule has 0 spiro atoms. The summed E-state index contributed by atoms with van der Waals surface area (Å²) in [6.07, 6.45) is -0.0487. The Hall–Kier alpha value is -1.63. The van der Waals surface area contributed by atoms with Gasteiger partial charge in [-0.3, -0.25) is 5.41 Å². The number of aliphatic hydroxyl groups is 1. The number of hydrogen-bond acceptors (Lipinski definition) is 5. The molecule has 7 heteroatoms. The molecule has 15 heavy (non-hydrogen) atoms. The predicted octanol–water partition coefficient (Wildman–Crippen LogP) is -0.621. The van der Waals surface area contributed by atoms with Crippen molar-refractivity contribution in [3.8, 4) is 0 Å². The highest BCUT2D eigenvalue weighted by atomic mass is 16.5. The highest BCUT2D eigenvalue weighted by Crippen LogP contribution is 2.30. The lowest BCUT2D eigenvalue weighted by atomic mass is 10.2. The number of aryl methyl sites for hydroxylation is 1. The van der Waals surface area contributed by atoms with Gasteiger partial charge >= 0.3 is 0 Å². The van der Waals surface area contributed by atoms with Crippen molar-refractivity contribution >= 4 is 5.96 Å². The van der Waals surface area contributed by atoms with Gasteiger partial charge in [0.2, 0.25) is 5.89 Å². The molecule has 82 valence electrons. The van der Waals surface area contributed by atoms with E-state index >= 15 is 0 Å². The number of hydrogen-bond donors (Lipinski definition) is 3. The minimum Gasteiger partial charge on any atom is -0.391 e. The first-order valence-electron chi connectivity index (χ1n) is 4.67. The maximum Gasteiger partial charge on any atom is 0.249 e. The number of aromatic nitrogens is 2. The fourth-order valence-corrected chi connectivity index (χ4v) is 1.76. The first kappa shape index (κ1) is 9.91. The van der Waals surface area contributed by atoms with Crippen LogP contribution in [-0.2, 0) is 0 Å². The summed E-state index contributed by atoms with van der Waals surface area (Å²) in [5, 5.41) is 20.5. The van der Waals surface area contributed by atoms with Gasteiger partial charge in [-0.25, -0.2) is 0 Å². The van der Waals surface area contributed by atoms with Crippen LogP contribution in [0.1, 0.15) is 24.2 Å². The van der Waals surface area contributed by atoms with Gasteiger partial charge in [0.1, 0.15) is 6.04 Å². The monoisotopic (exact) mass is 211 g/mol. The lowest BCUT2D eigenvalue weighted by Gasteiger charge is -2.20. The van der Waals surface area contributed by atoms with Gasteiger partial charge in [-0.15, -0.1) is 0 Å². The molecule has 2 rings (SSSR count). The molecule has 2 atom stereocenters. The fraction of sp³-hybridized carbons (Fsp3) is 0.625. The SMILES string of the molecule is Cc1noc([C@@H]2CC(O)CN2C(=N)N)n1. The molecule has 1 saturated heterocycles. The van der Waals surface area contributed by atoms with Gasteiger partial charge in [0.05, 0.1) is 6.10 Å². The second-order valence-electron chi connectivity index (χ2n) is 3.62. The molecule has 0 radical (unpaired) electrons. The van der Waals surface area contributed by atoms with Crippen LogP contribution >= 0.6 is 0 Å². The van der Waals surface area contributed by atoms with Gasteiger partial charge in [-0.1, -0.05) is 5.16 Å². The third-order valence-corrected chi connectivity index (χ3v) is 2.42. The van der Waals surface area contributed by atoms with E-state index in [4.69, 9.17) is 15.7 Å². The van der Waals surface area contributed by atoms with E-state index in [1.165, 1.54) is 0 Å². The van der Waals surface area contributed by atoms with Crippen molar-refractivity contribution in [1.82, 2.24) is 15.0 Å². The van der Waals surface area contributed by atoms with Crippen LogP contribution in [-0.4, -0.2) is 38.8 Å². The number of rotatable bonds is 1.